The number of benzene rings is 2. The Morgan fingerprint density at radius 1 is 1.13 bits per heavy atom. The van der Waals surface area contributed by atoms with Crippen molar-refractivity contribution in [3.63, 3.8) is 0 Å². The third-order valence-corrected chi connectivity index (χ3v) is 3.62. The second-order valence-corrected chi connectivity index (χ2v) is 5.54. The maximum absolute atomic E-state index is 12.3. The van der Waals surface area contributed by atoms with Crippen LogP contribution in [-0.4, -0.2) is 21.9 Å². The second kappa shape index (κ2) is 6.62. The van der Waals surface area contributed by atoms with Gasteiger partial charge in [0.25, 0.3) is 0 Å². The van der Waals surface area contributed by atoms with Crippen LogP contribution in [0.3, 0.4) is 0 Å². The molecule has 0 aliphatic rings. The molecule has 5 nitrogen and oxygen atoms in total. The van der Waals surface area contributed by atoms with E-state index >= 15 is 0 Å². The summed E-state index contributed by atoms with van der Waals surface area (Å²) in [4.78, 5) is 20.7. The van der Waals surface area contributed by atoms with Gasteiger partial charge in [0.1, 0.15) is 18.2 Å². The number of anilines is 2. The first-order valence-electron chi connectivity index (χ1n) is 7.16. The highest BCUT2D eigenvalue weighted by molar-refractivity contribution is 6.30. The van der Waals surface area contributed by atoms with E-state index in [0.717, 1.165) is 10.9 Å². The molecule has 116 valence electrons. The SMILES string of the molecule is CC(Nc1ncnc2ccccc12)C(=O)Nc1cccc(Cl)c1. The van der Waals surface area contributed by atoms with Crippen molar-refractivity contribution in [1.29, 1.82) is 0 Å². The molecule has 0 spiro atoms. The lowest BCUT2D eigenvalue weighted by Gasteiger charge is -2.15. The minimum Gasteiger partial charge on any atom is -0.358 e. The van der Waals surface area contributed by atoms with E-state index in [1.165, 1.54) is 6.33 Å². The van der Waals surface area contributed by atoms with Crippen molar-refractivity contribution in [3.05, 3.63) is 59.9 Å². The Bertz CT molecular complexity index is 847. The van der Waals surface area contributed by atoms with E-state index in [-0.39, 0.29) is 5.91 Å². The molecule has 2 N–H and O–H groups in total. The predicted molar refractivity (Wildman–Crippen MR) is 92.7 cm³/mol. The van der Waals surface area contributed by atoms with Gasteiger partial charge in [0, 0.05) is 16.1 Å². The van der Waals surface area contributed by atoms with Gasteiger partial charge >= 0.3 is 0 Å². The van der Waals surface area contributed by atoms with Crippen LogP contribution >= 0.6 is 11.6 Å². The zero-order valence-corrected chi connectivity index (χ0v) is 13.2. The van der Waals surface area contributed by atoms with Crippen molar-refractivity contribution in [2.45, 2.75) is 13.0 Å². The summed E-state index contributed by atoms with van der Waals surface area (Å²) in [5.74, 6) is 0.458. The van der Waals surface area contributed by atoms with Gasteiger partial charge in [-0.15, -0.1) is 0 Å². The maximum atomic E-state index is 12.3. The van der Waals surface area contributed by atoms with Crippen molar-refractivity contribution < 1.29 is 4.79 Å². The molecular weight excluding hydrogens is 312 g/mol. The molecule has 1 atom stereocenters. The Morgan fingerprint density at radius 2 is 1.96 bits per heavy atom. The molecule has 0 aliphatic heterocycles. The number of carbonyl (C=O) groups is 1. The molecule has 0 saturated carbocycles. The standard InChI is InChI=1S/C17H15ClN4O/c1-11(17(23)22-13-6-4-5-12(18)9-13)21-16-14-7-2-3-8-15(14)19-10-20-16/h2-11H,1H3,(H,22,23)(H,19,20,21). The first-order valence-corrected chi connectivity index (χ1v) is 7.54. The highest BCUT2D eigenvalue weighted by Crippen LogP contribution is 2.20. The highest BCUT2D eigenvalue weighted by Gasteiger charge is 2.15. The van der Waals surface area contributed by atoms with E-state index in [0.29, 0.717) is 16.5 Å². The van der Waals surface area contributed by atoms with Gasteiger partial charge < -0.3 is 10.6 Å². The third-order valence-electron chi connectivity index (χ3n) is 3.38. The van der Waals surface area contributed by atoms with E-state index in [1.807, 2.05) is 24.3 Å². The van der Waals surface area contributed by atoms with E-state index in [9.17, 15) is 4.79 Å². The molecule has 1 unspecified atom stereocenters. The fraction of sp³-hybridized carbons (Fsp3) is 0.118. The minimum absolute atomic E-state index is 0.171. The number of rotatable bonds is 4. The molecule has 1 aromatic heterocycles. The van der Waals surface area contributed by atoms with Gasteiger partial charge in [0.15, 0.2) is 0 Å². The van der Waals surface area contributed by atoms with E-state index in [2.05, 4.69) is 20.6 Å². The molecule has 23 heavy (non-hydrogen) atoms. The Morgan fingerprint density at radius 3 is 2.78 bits per heavy atom. The van der Waals surface area contributed by atoms with Crippen molar-refractivity contribution in [1.82, 2.24) is 9.97 Å². The Kier molecular flexibility index (Phi) is 4.39. The molecule has 0 saturated heterocycles. The fourth-order valence-corrected chi connectivity index (χ4v) is 2.40. The third kappa shape index (κ3) is 3.57. The average molecular weight is 327 g/mol. The van der Waals surface area contributed by atoms with E-state index < -0.39 is 6.04 Å². The number of para-hydroxylation sites is 1. The lowest BCUT2D eigenvalue weighted by Crippen LogP contribution is -2.32. The van der Waals surface area contributed by atoms with Crippen LogP contribution in [0.5, 0.6) is 0 Å². The Hall–Kier alpha value is -2.66. The molecule has 2 aromatic carbocycles. The van der Waals surface area contributed by atoms with Gasteiger partial charge in [-0.2, -0.15) is 0 Å². The summed E-state index contributed by atoms with van der Waals surface area (Å²) in [5.41, 5.74) is 1.48. The predicted octanol–water partition coefficient (Wildman–Crippen LogP) is 3.72. The number of amides is 1. The van der Waals surface area contributed by atoms with Crippen LogP contribution in [-0.2, 0) is 4.79 Å². The molecule has 0 fully saturated rings. The van der Waals surface area contributed by atoms with E-state index in [1.54, 1.807) is 31.2 Å². The van der Waals surface area contributed by atoms with Crippen LogP contribution in [0, 0.1) is 0 Å². The number of halogens is 1. The summed E-state index contributed by atoms with van der Waals surface area (Å²) in [5, 5.41) is 7.39. The lowest BCUT2D eigenvalue weighted by molar-refractivity contribution is -0.116. The summed E-state index contributed by atoms with van der Waals surface area (Å²) in [6, 6.07) is 14.2. The number of nitrogens with one attached hydrogen (secondary N) is 2. The Labute approximate surface area is 138 Å². The fourth-order valence-electron chi connectivity index (χ4n) is 2.21. The number of carbonyl (C=O) groups excluding carboxylic acids is 1. The van der Waals surface area contributed by atoms with Crippen molar-refractivity contribution in [2.24, 2.45) is 0 Å². The first kappa shape index (κ1) is 15.2. The summed E-state index contributed by atoms with van der Waals surface area (Å²) >= 11 is 5.92. The monoisotopic (exact) mass is 326 g/mol. The molecular formula is C17H15ClN4O. The van der Waals surface area contributed by atoms with Crippen LogP contribution < -0.4 is 10.6 Å². The molecule has 1 heterocycles. The van der Waals surface area contributed by atoms with Gasteiger partial charge in [0.2, 0.25) is 5.91 Å². The largest absolute Gasteiger partial charge is 0.358 e. The Balaban J connectivity index is 1.75. The zero-order valence-electron chi connectivity index (χ0n) is 12.5. The van der Waals surface area contributed by atoms with Crippen LogP contribution in [0.2, 0.25) is 5.02 Å². The van der Waals surface area contributed by atoms with Gasteiger partial charge in [0.05, 0.1) is 5.52 Å². The lowest BCUT2D eigenvalue weighted by atomic mass is 10.2. The number of hydrogen-bond donors (Lipinski definition) is 2. The van der Waals surface area contributed by atoms with Gasteiger partial charge in [-0.25, -0.2) is 9.97 Å². The molecule has 0 radical (unpaired) electrons. The van der Waals surface area contributed by atoms with E-state index in [4.69, 9.17) is 11.6 Å². The molecule has 6 heteroatoms. The van der Waals surface area contributed by atoms with Crippen LogP contribution in [0.1, 0.15) is 6.92 Å². The second-order valence-electron chi connectivity index (χ2n) is 5.11. The molecule has 3 aromatic rings. The zero-order chi connectivity index (χ0) is 16.2. The highest BCUT2D eigenvalue weighted by atomic mass is 35.5. The van der Waals surface area contributed by atoms with Crippen LogP contribution in [0.15, 0.2) is 54.9 Å². The first-order chi connectivity index (χ1) is 11.1. The normalized spacial score (nSPS) is 11.9. The van der Waals surface area contributed by atoms with Crippen LogP contribution in [0.25, 0.3) is 10.9 Å². The summed E-state index contributed by atoms with van der Waals surface area (Å²) < 4.78 is 0. The maximum Gasteiger partial charge on any atom is 0.246 e. The van der Waals surface area contributed by atoms with Gasteiger partial charge in [-0.1, -0.05) is 29.8 Å². The van der Waals surface area contributed by atoms with Crippen molar-refractivity contribution >= 4 is 39.9 Å². The number of aromatic nitrogens is 2. The number of fused-ring (bicyclic) bond motifs is 1. The average Bonchev–Trinajstić information content (AvgIpc) is 2.55. The summed E-state index contributed by atoms with van der Waals surface area (Å²) in [7, 11) is 0. The summed E-state index contributed by atoms with van der Waals surface area (Å²) in [6.07, 6.45) is 1.48. The smallest absolute Gasteiger partial charge is 0.246 e. The quantitative estimate of drug-likeness (QED) is 0.766. The minimum atomic E-state index is -0.465. The molecule has 0 aliphatic carbocycles. The molecule has 0 bridgehead atoms. The van der Waals surface area contributed by atoms with Crippen molar-refractivity contribution in [3.8, 4) is 0 Å². The molecule has 1 amide bonds. The van der Waals surface area contributed by atoms with Gasteiger partial charge in [-0.05, 0) is 37.3 Å². The number of nitrogens with zero attached hydrogens (tertiary/aromatic N) is 2. The van der Waals surface area contributed by atoms with Crippen LogP contribution in [0.4, 0.5) is 11.5 Å². The van der Waals surface area contributed by atoms with Crippen molar-refractivity contribution in [2.75, 3.05) is 10.6 Å². The topological polar surface area (TPSA) is 66.9 Å². The summed E-state index contributed by atoms with van der Waals surface area (Å²) in [6.45, 7) is 1.77. The van der Waals surface area contributed by atoms with Gasteiger partial charge in [-0.3, -0.25) is 4.79 Å². The molecule has 3 rings (SSSR count). The number of hydrogen-bond acceptors (Lipinski definition) is 4.